The maximum atomic E-state index is 13.3. The summed E-state index contributed by atoms with van der Waals surface area (Å²) in [4.78, 5) is 17.2. The minimum atomic E-state index is -0.253. The number of hydrogen-bond donors (Lipinski definition) is 0. The number of pyridine rings is 1. The lowest BCUT2D eigenvalue weighted by atomic mass is 9.76. The molecular weight excluding hydrogens is 391 g/mol. The van der Waals surface area contributed by atoms with E-state index in [0.717, 1.165) is 6.42 Å². The van der Waals surface area contributed by atoms with Crippen LogP contribution >= 0.6 is 0 Å². The predicted octanol–water partition coefficient (Wildman–Crippen LogP) is 2.25. The molecule has 0 spiro atoms. The molecule has 0 bridgehead atoms. The largest absolute Gasteiger partial charge is 0.377 e. The summed E-state index contributed by atoms with van der Waals surface area (Å²) in [6, 6.07) is 1.73. The Morgan fingerprint density at radius 3 is 3.07 bits per heavy atom. The maximum Gasteiger partial charge on any atom is 0.278 e. The van der Waals surface area contributed by atoms with E-state index in [0.29, 0.717) is 35.8 Å². The standard InChI is InChI=1S/C20H21FN6O3/c1-20(6-3-13(21)4-7-20)15-9-12(11-29-15)18-22-16(30-24-18)10-27-8-5-14-17(19(27)28)26(2)25-23-14/h3-6,8,12,15H,7,9-11H2,1-2H3/t12-,15+,20?/m0/s1. The van der Waals surface area contributed by atoms with Gasteiger partial charge in [0.15, 0.2) is 11.3 Å². The molecule has 3 aromatic rings. The highest BCUT2D eigenvalue weighted by molar-refractivity contribution is 5.72. The number of allylic oxidation sites excluding steroid dienone is 3. The molecule has 1 aliphatic heterocycles. The molecule has 1 fully saturated rings. The minimum absolute atomic E-state index is 0.00560. The molecule has 0 N–H and O–H groups in total. The third-order valence-electron chi connectivity index (χ3n) is 5.98. The second-order valence-electron chi connectivity index (χ2n) is 8.13. The lowest BCUT2D eigenvalue weighted by molar-refractivity contribution is 0.0343. The molecule has 3 atom stereocenters. The van der Waals surface area contributed by atoms with E-state index in [1.807, 2.05) is 6.08 Å². The third-order valence-corrected chi connectivity index (χ3v) is 5.98. The first-order valence-electron chi connectivity index (χ1n) is 9.81. The summed E-state index contributed by atoms with van der Waals surface area (Å²) in [5.74, 6) is 0.696. The van der Waals surface area contributed by atoms with E-state index in [-0.39, 0.29) is 35.4 Å². The Morgan fingerprint density at radius 1 is 1.40 bits per heavy atom. The van der Waals surface area contributed by atoms with Gasteiger partial charge < -0.3 is 13.8 Å². The molecule has 2 aliphatic rings. The highest BCUT2D eigenvalue weighted by atomic mass is 19.1. The number of rotatable bonds is 4. The fourth-order valence-electron chi connectivity index (χ4n) is 4.09. The van der Waals surface area contributed by atoms with Crippen molar-refractivity contribution in [1.29, 1.82) is 0 Å². The van der Waals surface area contributed by atoms with Crippen molar-refractivity contribution in [2.45, 2.75) is 38.3 Å². The quantitative estimate of drug-likeness (QED) is 0.648. The van der Waals surface area contributed by atoms with Crippen LogP contribution in [0, 0.1) is 5.41 Å². The van der Waals surface area contributed by atoms with E-state index in [9.17, 15) is 9.18 Å². The van der Waals surface area contributed by atoms with Crippen LogP contribution in [0.25, 0.3) is 11.0 Å². The summed E-state index contributed by atoms with van der Waals surface area (Å²) in [6.45, 7) is 2.71. The molecule has 0 radical (unpaired) electrons. The average Bonchev–Trinajstić information content (AvgIpc) is 3.47. The summed E-state index contributed by atoms with van der Waals surface area (Å²) in [5, 5.41) is 11.9. The van der Waals surface area contributed by atoms with Gasteiger partial charge in [-0.3, -0.25) is 4.79 Å². The molecule has 10 heteroatoms. The van der Waals surface area contributed by atoms with Crippen molar-refractivity contribution in [3.63, 3.8) is 0 Å². The first kappa shape index (κ1) is 18.9. The van der Waals surface area contributed by atoms with E-state index in [2.05, 4.69) is 27.4 Å². The Morgan fingerprint density at radius 2 is 2.27 bits per heavy atom. The molecule has 1 unspecified atom stereocenters. The van der Waals surface area contributed by atoms with Gasteiger partial charge in [-0.1, -0.05) is 23.4 Å². The molecule has 1 aliphatic carbocycles. The summed E-state index contributed by atoms with van der Waals surface area (Å²) < 4.78 is 27.7. The Labute approximate surface area is 170 Å². The minimum Gasteiger partial charge on any atom is -0.377 e. The van der Waals surface area contributed by atoms with Crippen molar-refractivity contribution in [3.8, 4) is 0 Å². The Hall–Kier alpha value is -3.14. The van der Waals surface area contributed by atoms with Crippen LogP contribution in [-0.4, -0.2) is 42.4 Å². The fraction of sp³-hybridized carbons (Fsp3) is 0.450. The van der Waals surface area contributed by atoms with Crippen molar-refractivity contribution in [3.05, 3.63) is 58.4 Å². The Kier molecular flexibility index (Phi) is 4.39. The molecule has 4 heterocycles. The molecular formula is C20H21FN6O3. The zero-order chi connectivity index (χ0) is 20.9. The van der Waals surface area contributed by atoms with Gasteiger partial charge in [0, 0.05) is 24.6 Å². The molecule has 9 nitrogen and oxygen atoms in total. The highest BCUT2D eigenvalue weighted by Crippen LogP contribution is 2.42. The van der Waals surface area contributed by atoms with Crippen molar-refractivity contribution in [2.75, 3.05) is 6.61 Å². The smallest absolute Gasteiger partial charge is 0.278 e. The number of fused-ring (bicyclic) bond motifs is 1. The normalized spacial score (nSPS) is 26.4. The van der Waals surface area contributed by atoms with E-state index >= 15 is 0 Å². The number of aromatic nitrogens is 6. The lowest BCUT2D eigenvalue weighted by Gasteiger charge is -2.32. The second kappa shape index (κ2) is 6.98. The summed E-state index contributed by atoms with van der Waals surface area (Å²) in [6.07, 6.45) is 7.88. The number of hydrogen-bond acceptors (Lipinski definition) is 7. The molecule has 0 amide bonds. The van der Waals surface area contributed by atoms with Crippen molar-refractivity contribution in [1.82, 2.24) is 29.7 Å². The Bertz CT molecular complexity index is 1220. The third kappa shape index (κ3) is 3.17. The van der Waals surface area contributed by atoms with Crippen LogP contribution in [0.15, 0.2) is 45.6 Å². The first-order valence-corrected chi connectivity index (χ1v) is 9.81. The van der Waals surface area contributed by atoms with Crippen LogP contribution in [0.4, 0.5) is 4.39 Å². The van der Waals surface area contributed by atoms with Gasteiger partial charge in [-0.15, -0.1) is 5.10 Å². The molecule has 30 heavy (non-hydrogen) atoms. The van der Waals surface area contributed by atoms with Crippen LogP contribution in [0.1, 0.15) is 37.4 Å². The number of nitrogens with zero attached hydrogens (tertiary/aromatic N) is 6. The average molecular weight is 412 g/mol. The van der Waals surface area contributed by atoms with Gasteiger partial charge in [0.2, 0.25) is 5.89 Å². The monoisotopic (exact) mass is 412 g/mol. The van der Waals surface area contributed by atoms with E-state index in [1.54, 1.807) is 25.4 Å². The maximum absolute atomic E-state index is 13.3. The molecule has 1 saturated heterocycles. The van der Waals surface area contributed by atoms with Gasteiger partial charge in [-0.2, -0.15) is 4.98 Å². The van der Waals surface area contributed by atoms with Crippen LogP contribution in [0.3, 0.4) is 0 Å². The number of aryl methyl sites for hydroxylation is 1. The highest BCUT2D eigenvalue weighted by Gasteiger charge is 2.41. The van der Waals surface area contributed by atoms with Gasteiger partial charge >= 0.3 is 0 Å². The zero-order valence-corrected chi connectivity index (χ0v) is 16.7. The lowest BCUT2D eigenvalue weighted by Crippen LogP contribution is -2.30. The first-order chi connectivity index (χ1) is 14.4. The second-order valence-corrected chi connectivity index (χ2v) is 8.13. The van der Waals surface area contributed by atoms with Gasteiger partial charge in [0.1, 0.15) is 17.9 Å². The SMILES string of the molecule is Cn1nnc2ccn(Cc3nc([C@@H]4CO[C@@H](C5(C)C=CC(F)=CC5)C4)no3)c(=O)c21. The Balaban J connectivity index is 1.31. The predicted molar refractivity (Wildman–Crippen MR) is 104 cm³/mol. The summed E-state index contributed by atoms with van der Waals surface area (Å²) in [7, 11) is 1.68. The zero-order valence-electron chi connectivity index (χ0n) is 16.7. The van der Waals surface area contributed by atoms with Crippen LogP contribution in [-0.2, 0) is 18.3 Å². The van der Waals surface area contributed by atoms with Crippen LogP contribution < -0.4 is 5.56 Å². The number of ether oxygens (including phenoxy) is 1. The van der Waals surface area contributed by atoms with Gasteiger partial charge in [0.05, 0.1) is 12.7 Å². The topological polar surface area (TPSA) is 101 Å². The van der Waals surface area contributed by atoms with Crippen molar-refractivity contribution < 1.29 is 13.7 Å². The molecule has 0 aromatic carbocycles. The summed E-state index contributed by atoms with van der Waals surface area (Å²) in [5.41, 5.74) is 0.487. The van der Waals surface area contributed by atoms with Crippen molar-refractivity contribution in [2.24, 2.45) is 12.5 Å². The van der Waals surface area contributed by atoms with E-state index in [4.69, 9.17) is 9.26 Å². The summed E-state index contributed by atoms with van der Waals surface area (Å²) >= 11 is 0. The van der Waals surface area contributed by atoms with Gasteiger partial charge in [-0.25, -0.2) is 9.07 Å². The van der Waals surface area contributed by atoms with Gasteiger partial charge in [-0.05, 0) is 31.1 Å². The van der Waals surface area contributed by atoms with Crippen LogP contribution in [0.2, 0.25) is 0 Å². The van der Waals surface area contributed by atoms with E-state index in [1.165, 1.54) is 15.3 Å². The molecule has 156 valence electrons. The molecule has 3 aromatic heterocycles. The van der Waals surface area contributed by atoms with Crippen LogP contribution in [0.5, 0.6) is 0 Å². The van der Waals surface area contributed by atoms with Crippen molar-refractivity contribution >= 4 is 11.0 Å². The molecule has 0 saturated carbocycles. The fourth-order valence-corrected chi connectivity index (χ4v) is 4.09. The van der Waals surface area contributed by atoms with Gasteiger partial charge in [0.25, 0.3) is 5.56 Å². The van der Waals surface area contributed by atoms with E-state index < -0.39 is 0 Å². The number of halogens is 1. The molecule has 5 rings (SSSR count).